The molecule has 0 aliphatic carbocycles. The Morgan fingerprint density at radius 3 is 2.80 bits per heavy atom. The average molecular weight is 354 g/mol. The molecule has 0 bridgehead atoms. The monoisotopic (exact) mass is 353 g/mol. The molecule has 106 valence electrons. The second-order valence-corrected chi connectivity index (χ2v) is 6.65. The van der Waals surface area contributed by atoms with Crippen molar-refractivity contribution in [1.29, 1.82) is 0 Å². The zero-order chi connectivity index (χ0) is 14.7. The lowest BCUT2D eigenvalue weighted by atomic mass is 10.1. The lowest BCUT2D eigenvalue weighted by Crippen LogP contribution is -2.17. The molecular weight excluding hydrogens is 338 g/mol. The van der Waals surface area contributed by atoms with Gasteiger partial charge in [-0.1, -0.05) is 33.8 Å². The van der Waals surface area contributed by atoms with Crippen LogP contribution in [0.25, 0.3) is 0 Å². The van der Waals surface area contributed by atoms with Gasteiger partial charge in [0.15, 0.2) is 5.16 Å². The Balaban J connectivity index is 2.22. The second-order valence-electron chi connectivity index (χ2n) is 4.73. The van der Waals surface area contributed by atoms with Crippen LogP contribution in [0.5, 0.6) is 0 Å². The van der Waals surface area contributed by atoms with Crippen molar-refractivity contribution < 1.29 is 0 Å². The van der Waals surface area contributed by atoms with Crippen LogP contribution in [0.15, 0.2) is 43.6 Å². The number of aromatic nitrogens is 2. The molecule has 0 spiro atoms. The van der Waals surface area contributed by atoms with E-state index < -0.39 is 0 Å². The molecule has 20 heavy (non-hydrogen) atoms. The maximum Gasteiger partial charge on any atom is 0.251 e. The standard InChI is InChI=1S/C14H16BrN3OS/c1-8(16)5-10-3-4-11(7-12(10)15)20-14-17-9(2)6-13(19)18-14/h3-4,6-8H,5,16H2,1-2H3,(H,17,18,19). The summed E-state index contributed by atoms with van der Waals surface area (Å²) < 4.78 is 1.02. The molecule has 1 atom stereocenters. The third kappa shape index (κ3) is 4.19. The minimum atomic E-state index is -0.132. The van der Waals surface area contributed by atoms with Crippen molar-refractivity contribution >= 4 is 27.7 Å². The van der Waals surface area contributed by atoms with Gasteiger partial charge in [-0.3, -0.25) is 4.79 Å². The molecule has 2 rings (SSSR count). The van der Waals surface area contributed by atoms with Crippen molar-refractivity contribution in [3.05, 3.63) is 50.3 Å². The van der Waals surface area contributed by atoms with Crippen LogP contribution >= 0.6 is 27.7 Å². The van der Waals surface area contributed by atoms with Crippen LogP contribution in [0.4, 0.5) is 0 Å². The summed E-state index contributed by atoms with van der Waals surface area (Å²) in [4.78, 5) is 19.5. The number of hydrogen-bond acceptors (Lipinski definition) is 4. The fourth-order valence-corrected chi connectivity index (χ4v) is 3.39. The van der Waals surface area contributed by atoms with Crippen molar-refractivity contribution in [2.45, 2.75) is 36.4 Å². The smallest absolute Gasteiger partial charge is 0.251 e. The predicted molar refractivity (Wildman–Crippen MR) is 85.2 cm³/mol. The topological polar surface area (TPSA) is 71.8 Å². The van der Waals surface area contributed by atoms with Gasteiger partial charge in [0.25, 0.3) is 5.56 Å². The first-order chi connectivity index (χ1) is 9.44. The van der Waals surface area contributed by atoms with Crippen LogP contribution in [0.2, 0.25) is 0 Å². The summed E-state index contributed by atoms with van der Waals surface area (Å²) in [5.41, 5.74) is 7.57. The van der Waals surface area contributed by atoms with Gasteiger partial charge in [0.1, 0.15) is 0 Å². The lowest BCUT2D eigenvalue weighted by molar-refractivity contribution is 0.735. The zero-order valence-corrected chi connectivity index (χ0v) is 13.7. The molecule has 0 radical (unpaired) electrons. The highest BCUT2D eigenvalue weighted by Crippen LogP contribution is 2.29. The fraction of sp³-hybridized carbons (Fsp3) is 0.286. The molecule has 1 aromatic carbocycles. The highest BCUT2D eigenvalue weighted by molar-refractivity contribution is 9.10. The number of nitrogens with one attached hydrogen (secondary N) is 1. The van der Waals surface area contributed by atoms with Gasteiger partial charge in [-0.15, -0.1) is 0 Å². The number of nitrogens with zero attached hydrogens (tertiary/aromatic N) is 1. The Labute approximate surface area is 130 Å². The number of aryl methyl sites for hydroxylation is 1. The van der Waals surface area contributed by atoms with E-state index in [0.717, 1.165) is 15.8 Å². The molecule has 6 heteroatoms. The summed E-state index contributed by atoms with van der Waals surface area (Å²) in [5, 5.41) is 0.599. The summed E-state index contributed by atoms with van der Waals surface area (Å²) in [6.45, 7) is 3.79. The molecule has 1 unspecified atom stereocenters. The highest BCUT2D eigenvalue weighted by atomic mass is 79.9. The summed E-state index contributed by atoms with van der Waals surface area (Å²) >= 11 is 4.99. The minimum Gasteiger partial charge on any atom is -0.328 e. The number of rotatable bonds is 4. The van der Waals surface area contributed by atoms with E-state index in [1.807, 2.05) is 25.1 Å². The van der Waals surface area contributed by atoms with E-state index >= 15 is 0 Å². The SMILES string of the molecule is Cc1cc(=O)[nH]c(Sc2ccc(CC(C)N)c(Br)c2)n1. The maximum absolute atomic E-state index is 11.4. The van der Waals surface area contributed by atoms with Gasteiger partial charge in [0.2, 0.25) is 0 Å². The third-order valence-electron chi connectivity index (χ3n) is 2.63. The van der Waals surface area contributed by atoms with Crippen LogP contribution in [-0.4, -0.2) is 16.0 Å². The van der Waals surface area contributed by atoms with Gasteiger partial charge in [0, 0.05) is 27.2 Å². The maximum atomic E-state index is 11.4. The molecule has 0 fully saturated rings. The Morgan fingerprint density at radius 1 is 1.45 bits per heavy atom. The molecule has 3 N–H and O–H groups in total. The van der Waals surface area contributed by atoms with Crippen molar-refractivity contribution in [3.63, 3.8) is 0 Å². The van der Waals surface area contributed by atoms with Gasteiger partial charge >= 0.3 is 0 Å². The van der Waals surface area contributed by atoms with Crippen LogP contribution in [-0.2, 0) is 6.42 Å². The minimum absolute atomic E-state index is 0.125. The largest absolute Gasteiger partial charge is 0.328 e. The molecule has 0 amide bonds. The Hall–Kier alpha value is -1.11. The van der Waals surface area contributed by atoms with E-state index in [9.17, 15) is 4.79 Å². The van der Waals surface area contributed by atoms with E-state index in [-0.39, 0.29) is 11.6 Å². The first-order valence-corrected chi connectivity index (χ1v) is 7.85. The van der Waals surface area contributed by atoms with Crippen molar-refractivity contribution in [2.24, 2.45) is 5.73 Å². The molecule has 1 heterocycles. The summed E-state index contributed by atoms with van der Waals surface area (Å²) in [6.07, 6.45) is 0.824. The first-order valence-electron chi connectivity index (χ1n) is 6.24. The van der Waals surface area contributed by atoms with Crippen LogP contribution in [0.3, 0.4) is 0 Å². The normalized spacial score (nSPS) is 12.4. The van der Waals surface area contributed by atoms with E-state index in [1.165, 1.54) is 23.4 Å². The number of halogens is 1. The molecule has 4 nitrogen and oxygen atoms in total. The molecule has 0 aliphatic rings. The highest BCUT2D eigenvalue weighted by Gasteiger charge is 2.07. The Kier molecular flexibility index (Phi) is 5.01. The summed E-state index contributed by atoms with van der Waals surface area (Å²) in [6, 6.07) is 7.68. The first kappa shape index (κ1) is 15.3. The summed E-state index contributed by atoms with van der Waals surface area (Å²) in [5.74, 6) is 0. The van der Waals surface area contributed by atoms with E-state index in [0.29, 0.717) is 10.9 Å². The predicted octanol–water partition coefficient (Wildman–Crippen LogP) is 2.88. The van der Waals surface area contributed by atoms with E-state index in [4.69, 9.17) is 5.73 Å². The van der Waals surface area contributed by atoms with E-state index in [2.05, 4.69) is 25.9 Å². The zero-order valence-electron chi connectivity index (χ0n) is 11.3. The van der Waals surface area contributed by atoms with Crippen LogP contribution in [0, 0.1) is 6.92 Å². The Morgan fingerprint density at radius 2 is 2.20 bits per heavy atom. The molecule has 1 aromatic heterocycles. The quantitative estimate of drug-likeness (QED) is 0.829. The molecule has 2 aromatic rings. The molecule has 0 saturated carbocycles. The summed E-state index contributed by atoms with van der Waals surface area (Å²) in [7, 11) is 0. The van der Waals surface area contributed by atoms with Crippen LogP contribution in [0.1, 0.15) is 18.2 Å². The van der Waals surface area contributed by atoms with Crippen molar-refractivity contribution in [2.75, 3.05) is 0 Å². The third-order valence-corrected chi connectivity index (χ3v) is 4.24. The van der Waals surface area contributed by atoms with Gasteiger partial charge < -0.3 is 10.7 Å². The number of H-pyrrole nitrogens is 1. The molecule has 0 aliphatic heterocycles. The van der Waals surface area contributed by atoms with Crippen LogP contribution < -0.4 is 11.3 Å². The van der Waals surface area contributed by atoms with E-state index in [1.54, 1.807) is 6.92 Å². The number of aromatic amines is 1. The fourth-order valence-electron chi connectivity index (χ4n) is 1.82. The number of hydrogen-bond donors (Lipinski definition) is 2. The van der Waals surface area contributed by atoms with Crippen molar-refractivity contribution in [3.8, 4) is 0 Å². The van der Waals surface area contributed by atoms with Gasteiger partial charge in [-0.2, -0.15) is 0 Å². The average Bonchev–Trinajstić information content (AvgIpc) is 2.31. The molecular formula is C14H16BrN3OS. The van der Waals surface area contributed by atoms with Gasteiger partial charge in [-0.25, -0.2) is 4.98 Å². The second kappa shape index (κ2) is 6.56. The lowest BCUT2D eigenvalue weighted by Gasteiger charge is -2.09. The Bertz CT molecular complexity index is 670. The number of benzene rings is 1. The van der Waals surface area contributed by atoms with Crippen molar-refractivity contribution in [1.82, 2.24) is 9.97 Å². The number of nitrogens with two attached hydrogens (primary N) is 1. The van der Waals surface area contributed by atoms with Gasteiger partial charge in [-0.05, 0) is 38.0 Å². The molecule has 0 saturated heterocycles. The van der Waals surface area contributed by atoms with Gasteiger partial charge in [0.05, 0.1) is 0 Å².